The van der Waals surface area contributed by atoms with Crippen LogP contribution in [0, 0.1) is 5.92 Å². The highest BCUT2D eigenvalue weighted by atomic mass is 16.1. The first-order valence-electron chi connectivity index (χ1n) is 7.62. The third kappa shape index (κ3) is 2.60. The predicted molar refractivity (Wildman–Crippen MR) is 82.8 cm³/mol. The van der Waals surface area contributed by atoms with Gasteiger partial charge in [-0.15, -0.1) is 0 Å². The van der Waals surface area contributed by atoms with Gasteiger partial charge < -0.3 is 16.4 Å². The van der Waals surface area contributed by atoms with Gasteiger partial charge in [0.2, 0.25) is 5.91 Å². The number of nitrogen functional groups attached to an aromatic ring is 1. The minimum atomic E-state index is 0.0550. The molecule has 0 bridgehead atoms. The molecule has 0 saturated heterocycles. The largest absolute Gasteiger partial charge is 0.397 e. The van der Waals surface area contributed by atoms with Gasteiger partial charge in [-0.1, -0.05) is 26.2 Å². The number of nitrogens with one attached hydrogen (secondary N) is 2. The van der Waals surface area contributed by atoms with E-state index in [9.17, 15) is 4.79 Å². The summed E-state index contributed by atoms with van der Waals surface area (Å²) >= 11 is 0. The van der Waals surface area contributed by atoms with Crippen molar-refractivity contribution in [2.24, 2.45) is 5.92 Å². The molecule has 2 aliphatic rings. The second kappa shape index (κ2) is 5.35. The van der Waals surface area contributed by atoms with E-state index in [2.05, 4.69) is 17.6 Å². The molecule has 1 aromatic rings. The van der Waals surface area contributed by atoms with Crippen LogP contribution in [0.4, 0.5) is 17.1 Å². The van der Waals surface area contributed by atoms with Crippen molar-refractivity contribution in [3.05, 3.63) is 17.7 Å². The fraction of sp³-hybridized carbons (Fsp3) is 0.562. The molecule has 20 heavy (non-hydrogen) atoms. The highest BCUT2D eigenvalue weighted by molar-refractivity contribution is 6.00. The molecule has 4 nitrogen and oxygen atoms in total. The number of carbonyl (C=O) groups excluding carboxylic acids is 1. The van der Waals surface area contributed by atoms with Gasteiger partial charge in [0.1, 0.15) is 0 Å². The van der Waals surface area contributed by atoms with Crippen LogP contribution in [-0.4, -0.2) is 11.9 Å². The maximum atomic E-state index is 11.4. The Morgan fingerprint density at radius 1 is 1.25 bits per heavy atom. The van der Waals surface area contributed by atoms with Crippen molar-refractivity contribution in [3.63, 3.8) is 0 Å². The summed E-state index contributed by atoms with van der Waals surface area (Å²) in [4.78, 5) is 11.4. The first-order valence-corrected chi connectivity index (χ1v) is 7.62. The van der Waals surface area contributed by atoms with Gasteiger partial charge in [-0.25, -0.2) is 0 Å². The maximum Gasteiger partial charge on any atom is 0.228 e. The van der Waals surface area contributed by atoms with Crippen LogP contribution < -0.4 is 16.4 Å². The van der Waals surface area contributed by atoms with Crippen LogP contribution in [0.15, 0.2) is 12.1 Å². The summed E-state index contributed by atoms with van der Waals surface area (Å²) in [5, 5.41) is 6.50. The zero-order valence-electron chi connectivity index (χ0n) is 12.0. The zero-order chi connectivity index (χ0) is 14.1. The van der Waals surface area contributed by atoms with Gasteiger partial charge in [0, 0.05) is 11.7 Å². The van der Waals surface area contributed by atoms with Crippen LogP contribution in [0.25, 0.3) is 0 Å². The number of fused-ring (bicyclic) bond motifs is 1. The molecular formula is C16H23N3O. The second-order valence-corrected chi connectivity index (χ2v) is 6.19. The normalized spacial score (nSPS) is 25.8. The molecular weight excluding hydrogens is 250 g/mol. The topological polar surface area (TPSA) is 67.1 Å². The first kappa shape index (κ1) is 13.3. The average molecular weight is 273 g/mol. The van der Waals surface area contributed by atoms with E-state index in [-0.39, 0.29) is 5.91 Å². The molecule has 1 amide bonds. The lowest BCUT2D eigenvalue weighted by Gasteiger charge is -2.25. The van der Waals surface area contributed by atoms with E-state index in [1.165, 1.54) is 32.1 Å². The molecule has 0 spiro atoms. The third-order valence-corrected chi connectivity index (χ3v) is 4.60. The standard InChI is InChI=1S/C16H23N3O/c1-10-5-3-2-4-6-13(10)18-15-9-14-11(7-12(15)17)8-16(20)19-14/h7,9-10,13,18H,2-6,8,17H2,1H3,(H,19,20). The van der Waals surface area contributed by atoms with Gasteiger partial charge in [-0.05, 0) is 36.5 Å². The lowest BCUT2D eigenvalue weighted by molar-refractivity contribution is -0.115. The quantitative estimate of drug-likeness (QED) is 0.573. The summed E-state index contributed by atoms with van der Waals surface area (Å²) in [6.45, 7) is 2.31. The lowest BCUT2D eigenvalue weighted by atomic mass is 9.96. The van der Waals surface area contributed by atoms with Crippen molar-refractivity contribution in [2.75, 3.05) is 16.4 Å². The zero-order valence-corrected chi connectivity index (χ0v) is 12.0. The predicted octanol–water partition coefficient (Wildman–Crippen LogP) is 3.14. The van der Waals surface area contributed by atoms with Crippen LogP contribution in [-0.2, 0) is 11.2 Å². The second-order valence-electron chi connectivity index (χ2n) is 6.19. The van der Waals surface area contributed by atoms with Gasteiger partial charge in [-0.3, -0.25) is 4.79 Å². The number of anilines is 3. The minimum absolute atomic E-state index is 0.0550. The molecule has 1 heterocycles. The molecule has 3 rings (SSSR count). The van der Waals surface area contributed by atoms with Crippen molar-refractivity contribution in [1.29, 1.82) is 0 Å². The van der Waals surface area contributed by atoms with E-state index in [4.69, 9.17) is 5.73 Å². The Hall–Kier alpha value is -1.71. The van der Waals surface area contributed by atoms with Gasteiger partial charge in [-0.2, -0.15) is 0 Å². The van der Waals surface area contributed by atoms with E-state index < -0.39 is 0 Å². The number of hydrogen-bond donors (Lipinski definition) is 3. The monoisotopic (exact) mass is 273 g/mol. The molecule has 1 aliphatic heterocycles. The summed E-state index contributed by atoms with van der Waals surface area (Å²) in [5.74, 6) is 0.721. The van der Waals surface area contributed by atoms with Crippen molar-refractivity contribution in [3.8, 4) is 0 Å². The van der Waals surface area contributed by atoms with E-state index in [1.54, 1.807) is 0 Å². The van der Waals surface area contributed by atoms with E-state index in [1.807, 2.05) is 12.1 Å². The fourth-order valence-corrected chi connectivity index (χ4v) is 3.33. The Bertz CT molecular complexity index is 527. The number of amides is 1. The molecule has 4 N–H and O–H groups in total. The summed E-state index contributed by atoms with van der Waals surface area (Å²) in [6.07, 6.45) is 6.86. The molecule has 1 aromatic carbocycles. The van der Waals surface area contributed by atoms with Crippen molar-refractivity contribution < 1.29 is 4.79 Å². The van der Waals surface area contributed by atoms with Crippen LogP contribution in [0.3, 0.4) is 0 Å². The lowest BCUT2D eigenvalue weighted by Crippen LogP contribution is -2.26. The fourth-order valence-electron chi connectivity index (χ4n) is 3.33. The SMILES string of the molecule is CC1CCCCCC1Nc1cc2c(cc1N)CC(=O)N2. The number of nitrogens with two attached hydrogens (primary N) is 1. The molecule has 2 unspecified atom stereocenters. The first-order chi connectivity index (χ1) is 9.63. The Morgan fingerprint density at radius 3 is 2.90 bits per heavy atom. The van der Waals surface area contributed by atoms with Crippen LogP contribution in [0.2, 0.25) is 0 Å². The maximum absolute atomic E-state index is 11.4. The minimum Gasteiger partial charge on any atom is -0.397 e. The van der Waals surface area contributed by atoms with Gasteiger partial charge >= 0.3 is 0 Å². The van der Waals surface area contributed by atoms with Gasteiger partial charge in [0.05, 0.1) is 17.8 Å². The molecule has 2 atom stereocenters. The Morgan fingerprint density at radius 2 is 2.05 bits per heavy atom. The van der Waals surface area contributed by atoms with Crippen molar-refractivity contribution >= 4 is 23.0 Å². The molecule has 4 heteroatoms. The van der Waals surface area contributed by atoms with Crippen LogP contribution in [0.1, 0.15) is 44.6 Å². The van der Waals surface area contributed by atoms with Gasteiger partial charge in [0.15, 0.2) is 0 Å². The summed E-state index contributed by atoms with van der Waals surface area (Å²) in [6, 6.07) is 4.40. The highest BCUT2D eigenvalue weighted by Gasteiger charge is 2.23. The average Bonchev–Trinajstić information content (AvgIpc) is 2.62. The summed E-state index contributed by atoms with van der Waals surface area (Å²) in [7, 11) is 0. The molecule has 0 aromatic heterocycles. The molecule has 1 fully saturated rings. The van der Waals surface area contributed by atoms with Crippen LogP contribution in [0.5, 0.6) is 0 Å². The Kier molecular flexibility index (Phi) is 3.55. The van der Waals surface area contributed by atoms with Crippen LogP contribution >= 0.6 is 0 Å². The van der Waals surface area contributed by atoms with E-state index in [0.717, 1.165) is 22.6 Å². The Labute approximate surface area is 120 Å². The highest BCUT2D eigenvalue weighted by Crippen LogP contribution is 2.34. The molecule has 108 valence electrons. The third-order valence-electron chi connectivity index (χ3n) is 4.60. The number of carbonyl (C=O) groups is 1. The number of benzene rings is 1. The molecule has 1 saturated carbocycles. The molecule has 1 aliphatic carbocycles. The number of rotatable bonds is 2. The summed E-state index contributed by atoms with van der Waals surface area (Å²) in [5.41, 5.74) is 9.77. The molecule has 0 radical (unpaired) electrons. The summed E-state index contributed by atoms with van der Waals surface area (Å²) < 4.78 is 0. The Balaban J connectivity index is 1.80. The van der Waals surface area contributed by atoms with E-state index in [0.29, 0.717) is 18.4 Å². The van der Waals surface area contributed by atoms with Crippen molar-refractivity contribution in [1.82, 2.24) is 0 Å². The van der Waals surface area contributed by atoms with Gasteiger partial charge in [0.25, 0.3) is 0 Å². The van der Waals surface area contributed by atoms with Crippen molar-refractivity contribution in [2.45, 2.75) is 51.5 Å². The smallest absolute Gasteiger partial charge is 0.228 e. The van der Waals surface area contributed by atoms with E-state index >= 15 is 0 Å². The number of hydrogen-bond acceptors (Lipinski definition) is 3.